The molecule has 0 N–H and O–H groups in total. The Balaban J connectivity index is 2.09. The van der Waals surface area contributed by atoms with Crippen LogP contribution in [0.2, 0.25) is 5.02 Å². The van der Waals surface area contributed by atoms with Crippen LogP contribution in [0.1, 0.15) is 11.1 Å². The first-order valence-electron chi connectivity index (χ1n) is 5.83. The van der Waals surface area contributed by atoms with Crippen LogP contribution in [0.3, 0.4) is 0 Å². The molecule has 1 aliphatic rings. The molecule has 2 aromatic carbocycles. The maximum Gasteiger partial charge on any atom is 0.292 e. The number of benzene rings is 2. The van der Waals surface area contributed by atoms with E-state index in [0.29, 0.717) is 6.73 Å². The lowest BCUT2D eigenvalue weighted by Crippen LogP contribution is -2.21. The monoisotopic (exact) mass is 258 g/mol. The Morgan fingerprint density at radius 3 is 2.72 bits per heavy atom. The van der Waals surface area contributed by atoms with E-state index < -0.39 is 0 Å². The number of fused-ring (bicyclic) bond motifs is 1. The fourth-order valence-electron chi connectivity index (χ4n) is 2.16. The highest BCUT2D eigenvalue weighted by atomic mass is 35.5. The van der Waals surface area contributed by atoms with Crippen LogP contribution in [-0.4, -0.2) is 17.5 Å². The molecule has 1 aliphatic heterocycles. The van der Waals surface area contributed by atoms with E-state index in [2.05, 4.69) is 22.9 Å². The molecule has 0 radical (unpaired) electrons. The van der Waals surface area contributed by atoms with Gasteiger partial charge in [0.2, 0.25) is 5.69 Å². The first-order chi connectivity index (χ1) is 8.74. The molecule has 90 valence electrons. The van der Waals surface area contributed by atoms with Crippen molar-refractivity contribution < 1.29 is 9.31 Å². The molecular weight excluding hydrogens is 246 g/mol. The molecule has 0 spiro atoms. The fraction of sp³-hybridized carbons (Fsp3) is 0.133. The van der Waals surface area contributed by atoms with Crippen molar-refractivity contribution in [3.8, 4) is 5.75 Å². The van der Waals surface area contributed by atoms with Gasteiger partial charge in [-0.1, -0.05) is 29.8 Å². The maximum atomic E-state index is 6.08. The Morgan fingerprint density at radius 2 is 1.94 bits per heavy atom. The Bertz CT molecular complexity index is 620. The van der Waals surface area contributed by atoms with Gasteiger partial charge < -0.3 is 4.74 Å². The van der Waals surface area contributed by atoms with Gasteiger partial charge in [-0.3, -0.25) is 0 Å². The van der Waals surface area contributed by atoms with Gasteiger partial charge in [-0.25, -0.2) is 0 Å². The zero-order chi connectivity index (χ0) is 12.5. The van der Waals surface area contributed by atoms with Gasteiger partial charge in [0.15, 0.2) is 6.21 Å². The van der Waals surface area contributed by atoms with E-state index in [0.717, 1.165) is 27.6 Å². The van der Waals surface area contributed by atoms with E-state index in [1.54, 1.807) is 0 Å². The zero-order valence-electron chi connectivity index (χ0n) is 10.1. The molecular formula is C15H13ClNO+. The van der Waals surface area contributed by atoms with Gasteiger partial charge in [0, 0.05) is 17.2 Å². The van der Waals surface area contributed by atoms with Crippen molar-refractivity contribution in [1.82, 2.24) is 0 Å². The minimum Gasteiger partial charge on any atom is -0.435 e. The molecule has 3 heteroatoms. The number of halogens is 1. The van der Waals surface area contributed by atoms with Crippen molar-refractivity contribution >= 4 is 23.5 Å². The minimum atomic E-state index is 0.527. The maximum absolute atomic E-state index is 6.08. The summed E-state index contributed by atoms with van der Waals surface area (Å²) in [5.74, 6) is 0.923. The molecule has 0 atom stereocenters. The third-order valence-corrected chi connectivity index (χ3v) is 3.22. The SMILES string of the molecule is Cc1cc(Cl)cc2c1OC[N+](c1ccccc1)=C2. The molecule has 0 unspecified atom stereocenters. The predicted molar refractivity (Wildman–Crippen MR) is 73.2 cm³/mol. The van der Waals surface area contributed by atoms with E-state index in [1.807, 2.05) is 37.3 Å². The van der Waals surface area contributed by atoms with Gasteiger partial charge >= 0.3 is 0 Å². The van der Waals surface area contributed by atoms with Gasteiger partial charge in [-0.2, -0.15) is 4.58 Å². The molecule has 0 amide bonds. The number of ether oxygens (including phenoxy) is 1. The molecule has 0 saturated carbocycles. The summed E-state index contributed by atoms with van der Waals surface area (Å²) in [5, 5.41) is 0.737. The van der Waals surface area contributed by atoms with E-state index in [4.69, 9.17) is 16.3 Å². The van der Waals surface area contributed by atoms with Gasteiger partial charge in [-0.05, 0) is 24.6 Å². The van der Waals surface area contributed by atoms with Gasteiger partial charge in [-0.15, -0.1) is 0 Å². The summed E-state index contributed by atoms with van der Waals surface area (Å²) < 4.78 is 7.88. The third-order valence-electron chi connectivity index (χ3n) is 3.00. The average molecular weight is 259 g/mol. The van der Waals surface area contributed by atoms with Crippen LogP contribution >= 0.6 is 11.6 Å². The molecule has 1 heterocycles. The van der Waals surface area contributed by atoms with Gasteiger partial charge in [0.05, 0.1) is 5.56 Å². The highest BCUT2D eigenvalue weighted by molar-refractivity contribution is 6.31. The molecule has 0 saturated heterocycles. The molecule has 18 heavy (non-hydrogen) atoms. The molecule has 0 aliphatic carbocycles. The molecule has 2 aromatic rings. The van der Waals surface area contributed by atoms with Crippen LogP contribution in [0, 0.1) is 6.92 Å². The second-order valence-corrected chi connectivity index (χ2v) is 4.79. The lowest BCUT2D eigenvalue weighted by molar-refractivity contribution is -0.476. The summed E-state index contributed by atoms with van der Waals surface area (Å²) in [7, 11) is 0. The largest absolute Gasteiger partial charge is 0.435 e. The molecule has 3 rings (SSSR count). The molecule has 0 aromatic heterocycles. The van der Waals surface area contributed by atoms with Gasteiger partial charge in [0.1, 0.15) is 5.75 Å². The summed E-state index contributed by atoms with van der Waals surface area (Å²) in [5.41, 5.74) is 3.21. The summed E-state index contributed by atoms with van der Waals surface area (Å²) >= 11 is 6.08. The normalized spacial score (nSPS) is 13.6. The van der Waals surface area contributed by atoms with Crippen LogP contribution in [0.25, 0.3) is 0 Å². The van der Waals surface area contributed by atoms with Crippen LogP contribution in [-0.2, 0) is 0 Å². The highest BCUT2D eigenvalue weighted by Gasteiger charge is 2.20. The van der Waals surface area contributed by atoms with Crippen molar-refractivity contribution in [1.29, 1.82) is 0 Å². The number of aryl methyl sites for hydroxylation is 1. The summed E-state index contributed by atoms with van der Waals surface area (Å²) in [6.07, 6.45) is 2.08. The van der Waals surface area contributed by atoms with Crippen molar-refractivity contribution in [2.45, 2.75) is 6.92 Å². The number of rotatable bonds is 1. The van der Waals surface area contributed by atoms with Crippen molar-refractivity contribution in [3.63, 3.8) is 0 Å². The number of hydrogen-bond acceptors (Lipinski definition) is 1. The van der Waals surface area contributed by atoms with Crippen LogP contribution < -0.4 is 4.74 Å². The van der Waals surface area contributed by atoms with Crippen LogP contribution in [0.15, 0.2) is 42.5 Å². The van der Waals surface area contributed by atoms with Crippen molar-refractivity contribution in [2.24, 2.45) is 0 Å². The number of para-hydroxylation sites is 1. The van der Waals surface area contributed by atoms with Crippen molar-refractivity contribution in [2.75, 3.05) is 6.73 Å². The standard InChI is InChI=1S/C15H13ClNO/c1-11-7-13(16)8-12-9-17(10-18-15(11)12)14-5-3-2-4-6-14/h2-9H,10H2,1H3/q+1. The number of nitrogens with zero attached hydrogens (tertiary/aromatic N) is 1. The third kappa shape index (κ3) is 2.00. The lowest BCUT2D eigenvalue weighted by atomic mass is 10.1. The quantitative estimate of drug-likeness (QED) is 0.710. The topological polar surface area (TPSA) is 12.2 Å². The average Bonchev–Trinajstić information content (AvgIpc) is 2.39. The second-order valence-electron chi connectivity index (χ2n) is 4.35. The Morgan fingerprint density at radius 1 is 1.17 bits per heavy atom. The van der Waals surface area contributed by atoms with Crippen LogP contribution in [0.5, 0.6) is 5.75 Å². The highest BCUT2D eigenvalue weighted by Crippen LogP contribution is 2.29. The van der Waals surface area contributed by atoms with Crippen molar-refractivity contribution in [3.05, 3.63) is 58.6 Å². The van der Waals surface area contributed by atoms with Gasteiger partial charge in [0.25, 0.3) is 6.73 Å². The summed E-state index contributed by atoms with van der Waals surface area (Å²) in [4.78, 5) is 0. The molecule has 2 nitrogen and oxygen atoms in total. The van der Waals surface area contributed by atoms with E-state index in [-0.39, 0.29) is 0 Å². The van der Waals surface area contributed by atoms with Crippen LogP contribution in [0.4, 0.5) is 5.69 Å². The Labute approximate surface area is 111 Å². The van der Waals surface area contributed by atoms with E-state index >= 15 is 0 Å². The predicted octanol–water partition coefficient (Wildman–Crippen LogP) is 3.76. The van der Waals surface area contributed by atoms with E-state index in [9.17, 15) is 0 Å². The fourth-order valence-corrected chi connectivity index (χ4v) is 2.44. The first kappa shape index (κ1) is 11.3. The Hall–Kier alpha value is -1.80. The zero-order valence-corrected chi connectivity index (χ0v) is 10.8. The van der Waals surface area contributed by atoms with E-state index in [1.165, 1.54) is 0 Å². The first-order valence-corrected chi connectivity index (χ1v) is 6.21. The summed E-state index contributed by atoms with van der Waals surface area (Å²) in [6, 6.07) is 14.0. The Kier molecular flexibility index (Phi) is 2.80. The number of hydrogen-bond donors (Lipinski definition) is 0. The minimum absolute atomic E-state index is 0.527. The molecule has 0 fully saturated rings. The second kappa shape index (κ2) is 4.46. The molecule has 0 bridgehead atoms. The smallest absolute Gasteiger partial charge is 0.292 e. The lowest BCUT2D eigenvalue weighted by Gasteiger charge is -2.15. The summed E-state index contributed by atoms with van der Waals surface area (Å²) in [6.45, 7) is 2.54.